The highest BCUT2D eigenvalue weighted by molar-refractivity contribution is 7.92. The predicted octanol–water partition coefficient (Wildman–Crippen LogP) is 4.64. The molecule has 0 heterocycles. The summed E-state index contributed by atoms with van der Waals surface area (Å²) in [5.74, 6) is -0.0789. The van der Waals surface area contributed by atoms with Crippen molar-refractivity contribution in [1.82, 2.24) is 5.32 Å². The van der Waals surface area contributed by atoms with Crippen LogP contribution in [0.2, 0.25) is 5.02 Å². The SMILES string of the molecule is C[C@H](NC(=O)CCCN(c1ccc(Cl)cc1)S(C)(=O)=O)c1ccc2c(c1)CCCC2. The highest BCUT2D eigenvalue weighted by Gasteiger charge is 2.18. The summed E-state index contributed by atoms with van der Waals surface area (Å²) >= 11 is 5.89. The number of amides is 1. The average molecular weight is 449 g/mol. The van der Waals surface area contributed by atoms with Gasteiger partial charge in [-0.3, -0.25) is 9.10 Å². The van der Waals surface area contributed by atoms with Crippen molar-refractivity contribution in [3.8, 4) is 0 Å². The number of sulfonamides is 1. The second-order valence-corrected chi connectivity index (χ2v) is 10.3. The quantitative estimate of drug-likeness (QED) is 0.639. The van der Waals surface area contributed by atoms with Gasteiger partial charge in [-0.1, -0.05) is 29.8 Å². The third-order valence-corrected chi connectivity index (χ3v) is 6.98. The van der Waals surface area contributed by atoms with Gasteiger partial charge in [-0.05, 0) is 80.0 Å². The van der Waals surface area contributed by atoms with E-state index in [0.29, 0.717) is 17.1 Å². The van der Waals surface area contributed by atoms with Crippen LogP contribution in [-0.2, 0) is 27.7 Å². The van der Waals surface area contributed by atoms with Gasteiger partial charge in [-0.25, -0.2) is 8.42 Å². The summed E-state index contributed by atoms with van der Waals surface area (Å²) in [6.07, 6.45) is 6.57. The average Bonchev–Trinajstić information content (AvgIpc) is 2.71. The summed E-state index contributed by atoms with van der Waals surface area (Å²) in [4.78, 5) is 12.4. The minimum Gasteiger partial charge on any atom is -0.350 e. The number of hydrogen-bond donors (Lipinski definition) is 1. The Hall–Kier alpha value is -2.05. The first-order chi connectivity index (χ1) is 14.2. The Bertz CT molecular complexity index is 990. The third kappa shape index (κ3) is 5.99. The van der Waals surface area contributed by atoms with Crippen LogP contribution in [0.25, 0.3) is 0 Å². The van der Waals surface area contributed by atoms with E-state index < -0.39 is 10.0 Å². The second kappa shape index (κ2) is 9.84. The number of carbonyl (C=O) groups is 1. The summed E-state index contributed by atoms with van der Waals surface area (Å²) in [7, 11) is -3.45. The van der Waals surface area contributed by atoms with Crippen LogP contribution >= 0.6 is 11.6 Å². The fourth-order valence-electron chi connectivity index (χ4n) is 3.90. The summed E-state index contributed by atoms with van der Waals surface area (Å²) in [6, 6.07) is 13.1. The van der Waals surface area contributed by atoms with Gasteiger partial charge in [0, 0.05) is 18.0 Å². The van der Waals surface area contributed by atoms with Crippen molar-refractivity contribution in [2.75, 3.05) is 17.1 Å². The molecule has 1 N–H and O–H groups in total. The van der Waals surface area contributed by atoms with Gasteiger partial charge in [0.1, 0.15) is 0 Å². The van der Waals surface area contributed by atoms with Gasteiger partial charge >= 0.3 is 0 Å². The Morgan fingerprint density at radius 2 is 1.77 bits per heavy atom. The van der Waals surface area contributed by atoms with Crippen LogP contribution in [0, 0.1) is 0 Å². The van der Waals surface area contributed by atoms with Gasteiger partial charge < -0.3 is 5.32 Å². The van der Waals surface area contributed by atoms with Gasteiger partial charge in [-0.15, -0.1) is 0 Å². The van der Waals surface area contributed by atoms with Crippen LogP contribution in [0.3, 0.4) is 0 Å². The van der Waals surface area contributed by atoms with Crippen molar-refractivity contribution in [1.29, 1.82) is 0 Å². The Labute approximate surface area is 184 Å². The van der Waals surface area contributed by atoms with Gasteiger partial charge in [0.05, 0.1) is 18.0 Å². The molecule has 5 nitrogen and oxygen atoms in total. The van der Waals surface area contributed by atoms with Crippen molar-refractivity contribution in [3.05, 3.63) is 64.2 Å². The first kappa shape index (κ1) is 22.6. The lowest BCUT2D eigenvalue weighted by Gasteiger charge is -2.23. The molecular weight excluding hydrogens is 420 g/mol. The highest BCUT2D eigenvalue weighted by atomic mass is 35.5. The molecule has 1 amide bonds. The number of rotatable bonds is 8. The molecule has 162 valence electrons. The van der Waals surface area contributed by atoms with Crippen molar-refractivity contribution in [2.45, 2.75) is 51.5 Å². The number of aryl methyl sites for hydroxylation is 2. The number of hydrogen-bond acceptors (Lipinski definition) is 3. The number of nitrogens with zero attached hydrogens (tertiary/aromatic N) is 1. The number of fused-ring (bicyclic) bond motifs is 1. The molecule has 3 rings (SSSR count). The van der Waals surface area contributed by atoms with Gasteiger partial charge in [-0.2, -0.15) is 0 Å². The van der Waals surface area contributed by atoms with E-state index >= 15 is 0 Å². The second-order valence-electron chi connectivity index (χ2n) is 7.94. The molecule has 0 saturated heterocycles. The Morgan fingerprint density at radius 1 is 1.10 bits per heavy atom. The van der Waals surface area contributed by atoms with E-state index in [9.17, 15) is 13.2 Å². The molecule has 7 heteroatoms. The summed E-state index contributed by atoms with van der Waals surface area (Å²) in [6.45, 7) is 2.22. The number of nitrogens with one attached hydrogen (secondary N) is 1. The fraction of sp³-hybridized carbons (Fsp3) is 0.435. The monoisotopic (exact) mass is 448 g/mol. The van der Waals surface area contributed by atoms with E-state index in [0.717, 1.165) is 18.4 Å². The zero-order chi connectivity index (χ0) is 21.7. The third-order valence-electron chi connectivity index (χ3n) is 5.53. The maximum absolute atomic E-state index is 12.4. The molecular formula is C23H29ClN2O3S. The Morgan fingerprint density at radius 3 is 2.43 bits per heavy atom. The minimum absolute atomic E-state index is 0.0768. The molecule has 1 aliphatic rings. The molecule has 0 unspecified atom stereocenters. The Kier molecular flexibility index (Phi) is 7.42. The normalized spacial score (nSPS) is 14.6. The van der Waals surface area contributed by atoms with E-state index in [1.165, 1.54) is 34.5 Å². The standard InChI is InChI=1S/C23H29ClN2O3S/c1-17(19-10-9-18-6-3-4-7-20(18)16-19)25-23(27)8-5-15-26(30(2,28)29)22-13-11-21(24)12-14-22/h9-14,16-17H,3-8,15H2,1-2H3,(H,25,27)/t17-/m0/s1. The topological polar surface area (TPSA) is 66.5 Å². The van der Waals surface area contributed by atoms with Crippen LogP contribution in [0.1, 0.15) is 55.3 Å². The molecule has 0 bridgehead atoms. The lowest BCUT2D eigenvalue weighted by molar-refractivity contribution is -0.121. The molecule has 0 aliphatic heterocycles. The smallest absolute Gasteiger partial charge is 0.232 e. The van der Waals surface area contributed by atoms with Gasteiger partial charge in [0.2, 0.25) is 15.9 Å². The highest BCUT2D eigenvalue weighted by Crippen LogP contribution is 2.25. The van der Waals surface area contributed by atoms with Crippen molar-refractivity contribution < 1.29 is 13.2 Å². The summed E-state index contributed by atoms with van der Waals surface area (Å²) in [5, 5.41) is 3.58. The van der Waals surface area contributed by atoms with Crippen molar-refractivity contribution in [2.24, 2.45) is 0 Å². The van der Waals surface area contributed by atoms with Crippen LogP contribution in [0.5, 0.6) is 0 Å². The van der Waals surface area contributed by atoms with Crippen LogP contribution in [0.15, 0.2) is 42.5 Å². The molecule has 2 aromatic rings. The lowest BCUT2D eigenvalue weighted by Crippen LogP contribution is -2.32. The van der Waals surface area contributed by atoms with E-state index in [2.05, 4.69) is 23.5 Å². The first-order valence-electron chi connectivity index (χ1n) is 10.4. The fourth-order valence-corrected chi connectivity index (χ4v) is 4.99. The molecule has 30 heavy (non-hydrogen) atoms. The zero-order valence-corrected chi connectivity index (χ0v) is 19.1. The van der Waals surface area contributed by atoms with E-state index in [4.69, 9.17) is 11.6 Å². The maximum atomic E-state index is 12.4. The van der Waals surface area contributed by atoms with Crippen LogP contribution in [-0.4, -0.2) is 27.1 Å². The predicted molar refractivity (Wildman–Crippen MR) is 123 cm³/mol. The van der Waals surface area contributed by atoms with E-state index in [1.807, 2.05) is 6.92 Å². The number of halogens is 1. The molecule has 0 fully saturated rings. The largest absolute Gasteiger partial charge is 0.350 e. The first-order valence-corrected chi connectivity index (χ1v) is 12.6. The zero-order valence-electron chi connectivity index (χ0n) is 17.5. The van der Waals surface area contributed by atoms with Crippen molar-refractivity contribution >= 4 is 33.2 Å². The molecule has 1 aliphatic carbocycles. The number of anilines is 1. The molecule has 0 aromatic heterocycles. The van der Waals surface area contributed by atoms with E-state index in [1.54, 1.807) is 24.3 Å². The number of carbonyl (C=O) groups excluding carboxylic acids is 1. The number of benzene rings is 2. The summed E-state index contributed by atoms with van der Waals surface area (Å²) < 4.78 is 25.6. The van der Waals surface area contributed by atoms with Crippen LogP contribution < -0.4 is 9.62 Å². The Balaban J connectivity index is 1.55. The maximum Gasteiger partial charge on any atom is 0.232 e. The van der Waals surface area contributed by atoms with Crippen molar-refractivity contribution in [3.63, 3.8) is 0 Å². The van der Waals surface area contributed by atoms with E-state index in [-0.39, 0.29) is 24.9 Å². The molecule has 0 saturated carbocycles. The molecule has 0 radical (unpaired) electrons. The summed E-state index contributed by atoms with van der Waals surface area (Å²) in [5.41, 5.74) is 4.48. The molecule has 0 spiro atoms. The lowest BCUT2D eigenvalue weighted by atomic mass is 9.89. The molecule has 1 atom stereocenters. The minimum atomic E-state index is -3.45. The molecule has 2 aromatic carbocycles. The van der Waals surface area contributed by atoms with Crippen LogP contribution in [0.4, 0.5) is 5.69 Å². The van der Waals surface area contributed by atoms with Gasteiger partial charge in [0.15, 0.2) is 0 Å². The van der Waals surface area contributed by atoms with Gasteiger partial charge in [0.25, 0.3) is 0 Å².